The molecule has 1 heterocycles. The third-order valence-corrected chi connectivity index (χ3v) is 3.72. The van der Waals surface area contributed by atoms with Gasteiger partial charge in [0.2, 0.25) is 0 Å². The van der Waals surface area contributed by atoms with Gasteiger partial charge in [0.15, 0.2) is 6.10 Å². The molecule has 1 aromatic heterocycles. The van der Waals surface area contributed by atoms with E-state index >= 15 is 0 Å². The van der Waals surface area contributed by atoms with Crippen LogP contribution in [0.3, 0.4) is 0 Å². The second-order valence-electron chi connectivity index (χ2n) is 3.82. The van der Waals surface area contributed by atoms with Crippen LogP contribution < -0.4 is 5.32 Å². The topological polar surface area (TPSA) is 75.6 Å². The van der Waals surface area contributed by atoms with E-state index in [1.54, 1.807) is 0 Å². The van der Waals surface area contributed by atoms with Crippen LogP contribution in [-0.4, -0.2) is 36.7 Å². The molecule has 0 radical (unpaired) electrons. The van der Waals surface area contributed by atoms with Crippen LogP contribution >= 0.6 is 11.3 Å². The highest BCUT2D eigenvalue weighted by molar-refractivity contribution is 7.14. The van der Waals surface area contributed by atoms with E-state index in [0.29, 0.717) is 4.88 Å². The van der Waals surface area contributed by atoms with Crippen molar-refractivity contribution in [2.45, 2.75) is 26.4 Å². The van der Waals surface area contributed by atoms with Crippen LogP contribution in [-0.2, 0) is 16.0 Å². The summed E-state index contributed by atoms with van der Waals surface area (Å²) in [5, 5.41) is 11.3. The zero-order chi connectivity index (χ0) is 13.7. The number of carbonyl (C=O) groups is 2. The SMILES string of the molecule is CCc1cc(C(=O)NCC(OC)C(=O)O)sc1C. The van der Waals surface area contributed by atoms with Gasteiger partial charge in [-0.25, -0.2) is 4.79 Å². The van der Waals surface area contributed by atoms with Crippen molar-refractivity contribution in [3.63, 3.8) is 0 Å². The van der Waals surface area contributed by atoms with E-state index < -0.39 is 12.1 Å². The maximum atomic E-state index is 11.8. The average molecular weight is 271 g/mol. The van der Waals surface area contributed by atoms with Gasteiger partial charge in [-0.1, -0.05) is 6.92 Å². The van der Waals surface area contributed by atoms with E-state index in [9.17, 15) is 9.59 Å². The summed E-state index contributed by atoms with van der Waals surface area (Å²) in [5.74, 6) is -1.35. The maximum Gasteiger partial charge on any atom is 0.334 e. The minimum atomic E-state index is -1.09. The number of carboxylic acids is 1. The summed E-state index contributed by atoms with van der Waals surface area (Å²) in [7, 11) is 1.30. The van der Waals surface area contributed by atoms with E-state index in [2.05, 4.69) is 5.32 Å². The second-order valence-corrected chi connectivity index (χ2v) is 5.07. The Morgan fingerprint density at radius 2 is 2.22 bits per heavy atom. The smallest absolute Gasteiger partial charge is 0.334 e. The molecule has 2 N–H and O–H groups in total. The van der Waals surface area contributed by atoms with Gasteiger partial charge in [0.05, 0.1) is 11.4 Å². The molecule has 0 saturated heterocycles. The Kier molecular flexibility index (Phi) is 5.30. The van der Waals surface area contributed by atoms with Gasteiger partial charge in [0, 0.05) is 12.0 Å². The quantitative estimate of drug-likeness (QED) is 0.821. The molecule has 1 unspecified atom stereocenters. The highest BCUT2D eigenvalue weighted by atomic mass is 32.1. The minimum Gasteiger partial charge on any atom is -0.479 e. The Balaban J connectivity index is 2.62. The standard InChI is InChI=1S/C12H17NO4S/c1-4-8-5-10(18-7(8)2)11(14)13-6-9(17-3)12(15)16/h5,9H,4,6H2,1-3H3,(H,13,14)(H,15,16). The lowest BCUT2D eigenvalue weighted by Crippen LogP contribution is -2.37. The van der Waals surface area contributed by atoms with E-state index in [1.807, 2.05) is 19.9 Å². The Hall–Kier alpha value is -1.40. The first-order chi connectivity index (χ1) is 8.49. The number of amides is 1. The summed E-state index contributed by atoms with van der Waals surface area (Å²) in [5.41, 5.74) is 1.15. The number of methoxy groups -OCH3 is 1. The molecule has 5 nitrogen and oxygen atoms in total. The van der Waals surface area contributed by atoms with Crippen molar-refractivity contribution in [1.82, 2.24) is 5.32 Å². The first-order valence-electron chi connectivity index (χ1n) is 5.62. The Morgan fingerprint density at radius 1 is 1.56 bits per heavy atom. The van der Waals surface area contributed by atoms with Gasteiger partial charge >= 0.3 is 5.97 Å². The molecule has 1 rings (SSSR count). The van der Waals surface area contributed by atoms with Crippen LogP contribution in [0.25, 0.3) is 0 Å². The average Bonchev–Trinajstić information content (AvgIpc) is 2.70. The predicted molar refractivity (Wildman–Crippen MR) is 69.2 cm³/mol. The lowest BCUT2D eigenvalue weighted by Gasteiger charge is -2.10. The zero-order valence-corrected chi connectivity index (χ0v) is 11.5. The number of ether oxygens (including phenoxy) is 1. The second kappa shape index (κ2) is 6.51. The summed E-state index contributed by atoms with van der Waals surface area (Å²) < 4.78 is 4.74. The Labute approximate surface area is 110 Å². The fourth-order valence-electron chi connectivity index (χ4n) is 1.53. The molecule has 0 bridgehead atoms. The molecule has 100 valence electrons. The number of carbonyl (C=O) groups excluding carboxylic acids is 1. The largest absolute Gasteiger partial charge is 0.479 e. The number of hydrogen-bond acceptors (Lipinski definition) is 4. The summed E-state index contributed by atoms with van der Waals surface area (Å²) in [6, 6.07) is 1.85. The lowest BCUT2D eigenvalue weighted by atomic mass is 10.2. The fraction of sp³-hybridized carbons (Fsp3) is 0.500. The van der Waals surface area contributed by atoms with Gasteiger partial charge < -0.3 is 15.2 Å². The fourth-order valence-corrected chi connectivity index (χ4v) is 2.56. The maximum absolute atomic E-state index is 11.8. The van der Waals surface area contributed by atoms with Crippen molar-refractivity contribution >= 4 is 23.2 Å². The van der Waals surface area contributed by atoms with Gasteiger partial charge in [-0.05, 0) is 25.0 Å². The third-order valence-electron chi connectivity index (χ3n) is 2.63. The predicted octanol–water partition coefficient (Wildman–Crippen LogP) is 1.45. The van der Waals surface area contributed by atoms with Crippen LogP contribution in [0.1, 0.15) is 27.0 Å². The van der Waals surface area contributed by atoms with Crippen LogP contribution in [0.5, 0.6) is 0 Å². The van der Waals surface area contributed by atoms with Crippen molar-refractivity contribution in [2.75, 3.05) is 13.7 Å². The van der Waals surface area contributed by atoms with E-state index in [-0.39, 0.29) is 12.5 Å². The number of aliphatic carboxylic acids is 1. The number of thiophene rings is 1. The molecule has 0 aliphatic carbocycles. The summed E-state index contributed by atoms with van der Waals surface area (Å²) in [4.78, 5) is 24.2. The monoisotopic (exact) mass is 271 g/mol. The molecule has 0 fully saturated rings. The number of rotatable bonds is 6. The highest BCUT2D eigenvalue weighted by Crippen LogP contribution is 2.21. The highest BCUT2D eigenvalue weighted by Gasteiger charge is 2.18. The van der Waals surface area contributed by atoms with E-state index in [4.69, 9.17) is 9.84 Å². The van der Waals surface area contributed by atoms with Gasteiger partial charge in [-0.3, -0.25) is 4.79 Å². The van der Waals surface area contributed by atoms with Crippen LogP contribution in [0.2, 0.25) is 0 Å². The first kappa shape index (κ1) is 14.7. The molecule has 1 atom stereocenters. The zero-order valence-electron chi connectivity index (χ0n) is 10.6. The number of hydrogen-bond donors (Lipinski definition) is 2. The molecule has 0 aliphatic rings. The summed E-state index contributed by atoms with van der Waals surface area (Å²) in [6.07, 6.45) is -0.133. The molecule has 6 heteroatoms. The van der Waals surface area contributed by atoms with Crippen molar-refractivity contribution in [1.29, 1.82) is 0 Å². The van der Waals surface area contributed by atoms with Gasteiger partial charge in [-0.15, -0.1) is 11.3 Å². The molecular weight excluding hydrogens is 254 g/mol. The Bertz CT molecular complexity index is 441. The van der Waals surface area contributed by atoms with Crippen molar-refractivity contribution in [3.8, 4) is 0 Å². The molecule has 0 aromatic carbocycles. The molecule has 18 heavy (non-hydrogen) atoms. The van der Waals surface area contributed by atoms with Crippen molar-refractivity contribution in [3.05, 3.63) is 21.4 Å². The van der Waals surface area contributed by atoms with Gasteiger partial charge in [0.1, 0.15) is 0 Å². The van der Waals surface area contributed by atoms with Crippen molar-refractivity contribution in [2.24, 2.45) is 0 Å². The molecule has 0 spiro atoms. The van der Waals surface area contributed by atoms with Gasteiger partial charge in [0.25, 0.3) is 5.91 Å². The van der Waals surface area contributed by atoms with Crippen LogP contribution in [0.15, 0.2) is 6.07 Å². The lowest BCUT2D eigenvalue weighted by molar-refractivity contribution is -0.147. The molecule has 1 aromatic rings. The number of aryl methyl sites for hydroxylation is 2. The number of nitrogens with one attached hydrogen (secondary N) is 1. The molecular formula is C12H17NO4S. The van der Waals surface area contributed by atoms with Gasteiger partial charge in [-0.2, -0.15) is 0 Å². The summed E-state index contributed by atoms with van der Waals surface area (Å²) >= 11 is 1.41. The van der Waals surface area contributed by atoms with Crippen LogP contribution in [0.4, 0.5) is 0 Å². The minimum absolute atomic E-state index is 0.0386. The van der Waals surface area contributed by atoms with Crippen LogP contribution in [0, 0.1) is 6.92 Å². The Morgan fingerprint density at radius 3 is 2.67 bits per heavy atom. The van der Waals surface area contributed by atoms with Crippen molar-refractivity contribution < 1.29 is 19.4 Å². The van der Waals surface area contributed by atoms with E-state index in [0.717, 1.165) is 16.9 Å². The first-order valence-corrected chi connectivity index (χ1v) is 6.44. The van der Waals surface area contributed by atoms with E-state index in [1.165, 1.54) is 18.4 Å². The number of carboxylic acid groups (broad SMARTS) is 1. The third kappa shape index (κ3) is 3.54. The molecule has 0 aliphatic heterocycles. The molecule has 1 amide bonds. The normalized spacial score (nSPS) is 12.2. The summed E-state index contributed by atoms with van der Waals surface area (Å²) in [6.45, 7) is 3.96. The molecule has 0 saturated carbocycles.